The van der Waals surface area contributed by atoms with Crippen molar-refractivity contribution >= 4 is 44.5 Å². The molecule has 0 bridgehead atoms. The molecule has 0 aliphatic rings. The highest BCUT2D eigenvalue weighted by Crippen LogP contribution is 2.18. The molecule has 0 heterocycles. The van der Waals surface area contributed by atoms with E-state index in [1.807, 2.05) is 18.2 Å². The zero-order valence-corrected chi connectivity index (χ0v) is 9.79. The van der Waals surface area contributed by atoms with Crippen LogP contribution < -0.4 is 0 Å². The summed E-state index contributed by atoms with van der Waals surface area (Å²) in [6.45, 7) is 0. The van der Waals surface area contributed by atoms with Gasteiger partial charge in [-0.3, -0.25) is 4.79 Å². The maximum Gasteiger partial charge on any atom is 0.307 e. The van der Waals surface area contributed by atoms with Gasteiger partial charge in [0.05, 0.1) is 6.42 Å². The van der Waals surface area contributed by atoms with Crippen molar-refractivity contribution in [2.75, 3.05) is 0 Å². The lowest BCUT2D eigenvalue weighted by Crippen LogP contribution is -2.01. The summed E-state index contributed by atoms with van der Waals surface area (Å²) < 4.78 is 1.90. The van der Waals surface area contributed by atoms with Crippen LogP contribution in [-0.4, -0.2) is 11.1 Å². The molecule has 0 fully saturated rings. The van der Waals surface area contributed by atoms with E-state index in [-0.39, 0.29) is 6.42 Å². The Hall–Kier alpha value is -0.100. The fourth-order valence-electron chi connectivity index (χ4n) is 0.842. The first-order valence-corrected chi connectivity index (χ1v) is 5.12. The largest absolute Gasteiger partial charge is 0.481 e. The van der Waals surface area contributed by atoms with E-state index in [0.29, 0.717) is 0 Å². The molecule has 1 rings (SSSR count). The van der Waals surface area contributed by atoms with Crippen LogP contribution in [0, 0.1) is 3.57 Å². The normalized spacial score (nSPS) is 9.83. The lowest BCUT2D eigenvalue weighted by Gasteiger charge is -2.00. The second kappa shape index (κ2) is 4.23. The molecule has 4 heteroatoms. The minimum Gasteiger partial charge on any atom is -0.481 e. The molecule has 0 radical (unpaired) electrons. The number of aliphatic carboxylic acids is 1. The molecule has 0 amide bonds. The van der Waals surface area contributed by atoms with Gasteiger partial charge in [0, 0.05) is 8.04 Å². The van der Waals surface area contributed by atoms with Crippen LogP contribution in [0.5, 0.6) is 0 Å². The summed E-state index contributed by atoms with van der Waals surface area (Å²) in [5.74, 6) is -0.800. The molecule has 0 saturated heterocycles. The minimum atomic E-state index is -0.800. The van der Waals surface area contributed by atoms with E-state index in [1.165, 1.54) is 0 Å². The van der Waals surface area contributed by atoms with Crippen LogP contribution in [0.2, 0.25) is 0 Å². The molecule has 64 valence electrons. The smallest absolute Gasteiger partial charge is 0.307 e. The average molecular weight is 341 g/mol. The van der Waals surface area contributed by atoms with E-state index in [2.05, 4.69) is 38.5 Å². The second-order valence-corrected chi connectivity index (χ2v) is 4.38. The quantitative estimate of drug-likeness (QED) is 0.840. The Morgan fingerprint density at radius 2 is 2.25 bits per heavy atom. The van der Waals surface area contributed by atoms with Crippen LogP contribution in [-0.2, 0) is 11.2 Å². The maximum absolute atomic E-state index is 10.4. The Bertz CT molecular complexity index is 312. The number of halogens is 2. The van der Waals surface area contributed by atoms with Gasteiger partial charge in [0.25, 0.3) is 0 Å². The van der Waals surface area contributed by atoms with Crippen LogP contribution in [0.25, 0.3) is 0 Å². The number of rotatable bonds is 2. The third-order valence-electron chi connectivity index (χ3n) is 1.35. The van der Waals surface area contributed by atoms with Crippen molar-refractivity contribution in [2.24, 2.45) is 0 Å². The molecule has 0 saturated carbocycles. The van der Waals surface area contributed by atoms with Gasteiger partial charge in [0.2, 0.25) is 0 Å². The van der Waals surface area contributed by atoms with Crippen molar-refractivity contribution < 1.29 is 9.90 Å². The molecule has 0 spiro atoms. The first-order valence-electron chi connectivity index (χ1n) is 3.25. The molecular weight excluding hydrogens is 335 g/mol. The summed E-state index contributed by atoms with van der Waals surface area (Å²) in [6.07, 6.45) is 0.0811. The zero-order chi connectivity index (χ0) is 9.14. The van der Waals surface area contributed by atoms with Gasteiger partial charge in [-0.25, -0.2) is 0 Å². The van der Waals surface area contributed by atoms with E-state index in [0.717, 1.165) is 13.6 Å². The fraction of sp³-hybridized carbons (Fsp3) is 0.125. The molecule has 0 aliphatic carbocycles. The summed E-state index contributed by atoms with van der Waals surface area (Å²) >= 11 is 5.42. The first-order chi connectivity index (χ1) is 5.59. The van der Waals surface area contributed by atoms with Gasteiger partial charge in [-0.15, -0.1) is 0 Å². The van der Waals surface area contributed by atoms with Gasteiger partial charge in [0.1, 0.15) is 0 Å². The monoisotopic (exact) mass is 340 g/mol. The summed E-state index contributed by atoms with van der Waals surface area (Å²) in [5, 5.41) is 8.56. The van der Waals surface area contributed by atoms with E-state index < -0.39 is 5.97 Å². The number of benzene rings is 1. The second-order valence-electron chi connectivity index (χ2n) is 2.31. The summed E-state index contributed by atoms with van der Waals surface area (Å²) in [5.41, 5.74) is 0.845. The Balaban J connectivity index is 2.97. The Kier molecular flexibility index (Phi) is 3.52. The van der Waals surface area contributed by atoms with E-state index in [9.17, 15) is 4.79 Å². The van der Waals surface area contributed by atoms with Gasteiger partial charge < -0.3 is 5.11 Å². The van der Waals surface area contributed by atoms with Crippen LogP contribution in [0.3, 0.4) is 0 Å². The highest BCUT2D eigenvalue weighted by Gasteiger charge is 2.04. The molecular formula is C8H6BrIO2. The topological polar surface area (TPSA) is 37.3 Å². The molecule has 1 aromatic rings. The summed E-state index contributed by atoms with van der Waals surface area (Å²) in [4.78, 5) is 10.4. The van der Waals surface area contributed by atoms with Crippen molar-refractivity contribution in [1.82, 2.24) is 0 Å². The van der Waals surface area contributed by atoms with Crippen molar-refractivity contribution in [3.63, 3.8) is 0 Å². The highest BCUT2D eigenvalue weighted by atomic mass is 127. The molecule has 12 heavy (non-hydrogen) atoms. The zero-order valence-electron chi connectivity index (χ0n) is 6.05. The SMILES string of the molecule is O=C(O)Cc1cc(Br)ccc1I. The van der Waals surface area contributed by atoms with Crippen LogP contribution in [0.4, 0.5) is 0 Å². The third kappa shape index (κ3) is 2.75. The van der Waals surface area contributed by atoms with Crippen LogP contribution in [0.15, 0.2) is 22.7 Å². The number of carboxylic acid groups (broad SMARTS) is 1. The Morgan fingerprint density at radius 3 is 2.83 bits per heavy atom. The van der Waals surface area contributed by atoms with E-state index in [4.69, 9.17) is 5.11 Å². The van der Waals surface area contributed by atoms with Crippen LogP contribution >= 0.6 is 38.5 Å². The van der Waals surface area contributed by atoms with Gasteiger partial charge in [0.15, 0.2) is 0 Å². The van der Waals surface area contributed by atoms with Gasteiger partial charge in [-0.1, -0.05) is 15.9 Å². The number of hydrogen-bond donors (Lipinski definition) is 1. The molecule has 2 nitrogen and oxygen atoms in total. The van der Waals surface area contributed by atoms with Crippen LogP contribution in [0.1, 0.15) is 5.56 Å². The Morgan fingerprint density at radius 1 is 1.58 bits per heavy atom. The summed E-state index contributed by atoms with van der Waals surface area (Å²) in [6, 6.07) is 5.62. The average Bonchev–Trinajstić information content (AvgIpc) is 1.96. The lowest BCUT2D eigenvalue weighted by atomic mass is 10.2. The first kappa shape index (κ1) is 9.98. The summed E-state index contributed by atoms with van der Waals surface area (Å²) in [7, 11) is 0. The number of hydrogen-bond acceptors (Lipinski definition) is 1. The molecule has 0 unspecified atom stereocenters. The Labute approximate surface area is 92.2 Å². The van der Waals surface area contributed by atoms with E-state index >= 15 is 0 Å². The van der Waals surface area contributed by atoms with Crippen molar-refractivity contribution in [3.05, 3.63) is 31.8 Å². The lowest BCUT2D eigenvalue weighted by molar-refractivity contribution is -0.136. The highest BCUT2D eigenvalue weighted by molar-refractivity contribution is 14.1. The van der Waals surface area contributed by atoms with Crippen molar-refractivity contribution in [1.29, 1.82) is 0 Å². The van der Waals surface area contributed by atoms with E-state index in [1.54, 1.807) is 0 Å². The predicted octanol–water partition coefficient (Wildman–Crippen LogP) is 2.68. The predicted molar refractivity (Wildman–Crippen MR) is 58.2 cm³/mol. The number of carboxylic acids is 1. The third-order valence-corrected chi connectivity index (χ3v) is 2.90. The van der Waals surface area contributed by atoms with Gasteiger partial charge in [-0.05, 0) is 46.4 Å². The minimum absolute atomic E-state index is 0.0811. The molecule has 0 atom stereocenters. The van der Waals surface area contributed by atoms with Crippen molar-refractivity contribution in [2.45, 2.75) is 6.42 Å². The maximum atomic E-state index is 10.4. The molecule has 0 aromatic heterocycles. The van der Waals surface area contributed by atoms with Gasteiger partial charge >= 0.3 is 5.97 Å². The van der Waals surface area contributed by atoms with Gasteiger partial charge in [-0.2, -0.15) is 0 Å². The molecule has 1 N–H and O–H groups in total. The molecule has 1 aromatic carbocycles. The molecule has 0 aliphatic heterocycles. The fourth-order valence-corrected chi connectivity index (χ4v) is 1.78. The van der Waals surface area contributed by atoms with Crippen molar-refractivity contribution in [3.8, 4) is 0 Å². The number of carbonyl (C=O) groups is 1. The standard InChI is InChI=1S/C8H6BrIO2/c9-6-1-2-7(10)5(3-6)4-8(11)12/h1-3H,4H2,(H,11,12).